The minimum Gasteiger partial charge on any atom is -0.368 e. The van der Waals surface area contributed by atoms with E-state index in [1.165, 1.54) is 0 Å². The van der Waals surface area contributed by atoms with Gasteiger partial charge in [-0.15, -0.1) is 0 Å². The molecule has 0 radical (unpaired) electrons. The molecule has 0 spiro atoms. The molecule has 0 aliphatic carbocycles. The van der Waals surface area contributed by atoms with Crippen molar-refractivity contribution in [3.8, 4) is 0 Å². The third kappa shape index (κ3) is 1.15. The summed E-state index contributed by atoms with van der Waals surface area (Å²) in [5.74, 6) is 0. The Labute approximate surface area is 65.3 Å². The molecule has 2 rings (SSSR count). The lowest BCUT2D eigenvalue weighted by atomic mass is 10.2. The van der Waals surface area contributed by atoms with Crippen molar-refractivity contribution in [2.75, 3.05) is 0 Å². The largest absolute Gasteiger partial charge is 0.368 e. The van der Waals surface area contributed by atoms with Gasteiger partial charge < -0.3 is 5.32 Å². The van der Waals surface area contributed by atoms with E-state index in [-0.39, 0.29) is 0 Å². The predicted molar refractivity (Wildman–Crippen MR) is 45.4 cm³/mol. The topological polar surface area (TPSA) is 24.9 Å². The first kappa shape index (κ1) is 6.16. The second-order valence-corrected chi connectivity index (χ2v) is 2.31. The number of pyridine rings is 1. The predicted octanol–water partition coefficient (Wildman–Crippen LogP) is 1.63. The number of fused-ring (bicyclic) bond motifs is 1. The Morgan fingerprint density at radius 2 is 2.09 bits per heavy atom. The summed E-state index contributed by atoms with van der Waals surface area (Å²) < 4.78 is 0. The molecule has 11 heavy (non-hydrogen) atoms. The van der Waals surface area contributed by atoms with Crippen LogP contribution in [0.5, 0.6) is 0 Å². The van der Waals surface area contributed by atoms with Gasteiger partial charge in [0, 0.05) is 24.2 Å². The molecule has 0 atom stereocenters. The highest BCUT2D eigenvalue weighted by atomic mass is 14.8. The first-order valence-corrected chi connectivity index (χ1v) is 3.51. The second-order valence-electron chi connectivity index (χ2n) is 2.31. The van der Waals surface area contributed by atoms with E-state index < -0.39 is 0 Å². The van der Waals surface area contributed by atoms with Crippen molar-refractivity contribution >= 4 is 12.2 Å². The molecule has 0 unspecified atom stereocenters. The summed E-state index contributed by atoms with van der Waals surface area (Å²) in [5.41, 5.74) is 2.16. The van der Waals surface area contributed by atoms with Gasteiger partial charge in [-0.25, -0.2) is 0 Å². The van der Waals surface area contributed by atoms with Crippen LogP contribution in [0.2, 0.25) is 0 Å². The maximum Gasteiger partial charge on any atom is 0.0716 e. The van der Waals surface area contributed by atoms with Gasteiger partial charge in [0.1, 0.15) is 0 Å². The Hall–Kier alpha value is -1.57. The van der Waals surface area contributed by atoms with E-state index in [1.807, 2.05) is 36.7 Å². The van der Waals surface area contributed by atoms with E-state index in [0.29, 0.717) is 0 Å². The van der Waals surface area contributed by atoms with E-state index in [4.69, 9.17) is 0 Å². The van der Waals surface area contributed by atoms with Crippen LogP contribution in [0, 0.1) is 0 Å². The van der Waals surface area contributed by atoms with Gasteiger partial charge >= 0.3 is 0 Å². The summed E-state index contributed by atoms with van der Waals surface area (Å²) in [5, 5.41) is 2.99. The maximum atomic E-state index is 4.20. The molecule has 1 N–H and O–H groups in total. The average Bonchev–Trinajstić information content (AvgIpc) is 2.28. The zero-order valence-corrected chi connectivity index (χ0v) is 5.99. The highest BCUT2D eigenvalue weighted by Crippen LogP contribution is 2.10. The van der Waals surface area contributed by atoms with Gasteiger partial charge in [-0.05, 0) is 18.2 Å². The fraction of sp³-hybridized carbons (Fsp3) is 0. The van der Waals surface area contributed by atoms with Crippen LogP contribution in [0.25, 0.3) is 12.2 Å². The Bertz CT molecular complexity index is 282. The standard InChI is InChI=1S/C9H8N2/c1-2-8-3-6-10-7-4-9(8)11-5-1/h1-7,10H. The molecule has 0 aromatic carbocycles. The quantitative estimate of drug-likeness (QED) is 0.598. The van der Waals surface area contributed by atoms with Crippen molar-refractivity contribution in [2.45, 2.75) is 0 Å². The van der Waals surface area contributed by atoms with Crippen LogP contribution in [0.3, 0.4) is 0 Å². The Morgan fingerprint density at radius 3 is 3.09 bits per heavy atom. The summed E-state index contributed by atoms with van der Waals surface area (Å²) in [6.45, 7) is 0. The summed E-state index contributed by atoms with van der Waals surface area (Å²) in [7, 11) is 0. The van der Waals surface area contributed by atoms with E-state index >= 15 is 0 Å². The molecule has 1 aromatic heterocycles. The highest BCUT2D eigenvalue weighted by molar-refractivity contribution is 5.63. The van der Waals surface area contributed by atoms with Crippen molar-refractivity contribution in [3.05, 3.63) is 42.0 Å². The molecule has 0 amide bonds. The van der Waals surface area contributed by atoms with Gasteiger partial charge in [0.25, 0.3) is 0 Å². The molecule has 2 nitrogen and oxygen atoms in total. The van der Waals surface area contributed by atoms with Gasteiger partial charge in [0.15, 0.2) is 0 Å². The molecular weight excluding hydrogens is 136 g/mol. The van der Waals surface area contributed by atoms with Crippen molar-refractivity contribution < 1.29 is 0 Å². The zero-order chi connectivity index (χ0) is 7.52. The molecule has 0 saturated heterocycles. The van der Waals surface area contributed by atoms with Crippen LogP contribution < -0.4 is 5.32 Å². The monoisotopic (exact) mass is 144 g/mol. The lowest BCUT2D eigenvalue weighted by Gasteiger charge is -1.94. The lowest BCUT2D eigenvalue weighted by molar-refractivity contribution is 1.22. The van der Waals surface area contributed by atoms with Gasteiger partial charge in [-0.2, -0.15) is 0 Å². The minimum absolute atomic E-state index is 1.01. The van der Waals surface area contributed by atoms with Crippen molar-refractivity contribution in [1.29, 1.82) is 0 Å². The van der Waals surface area contributed by atoms with Crippen LogP contribution in [0.15, 0.2) is 30.7 Å². The van der Waals surface area contributed by atoms with Gasteiger partial charge in [-0.1, -0.05) is 6.07 Å². The molecule has 0 fully saturated rings. The molecule has 0 saturated carbocycles. The third-order valence-electron chi connectivity index (χ3n) is 1.57. The van der Waals surface area contributed by atoms with E-state index in [9.17, 15) is 0 Å². The highest BCUT2D eigenvalue weighted by Gasteiger charge is 1.96. The van der Waals surface area contributed by atoms with Crippen LogP contribution in [0.1, 0.15) is 11.3 Å². The molecule has 2 heteroatoms. The molecule has 2 heterocycles. The number of hydrogen-bond donors (Lipinski definition) is 1. The number of hydrogen-bond acceptors (Lipinski definition) is 2. The summed E-state index contributed by atoms with van der Waals surface area (Å²) in [4.78, 5) is 4.20. The van der Waals surface area contributed by atoms with Crippen molar-refractivity contribution in [2.24, 2.45) is 0 Å². The molecule has 1 aromatic rings. The fourth-order valence-electron chi connectivity index (χ4n) is 1.03. The third-order valence-corrected chi connectivity index (χ3v) is 1.57. The van der Waals surface area contributed by atoms with Crippen LogP contribution in [0.4, 0.5) is 0 Å². The zero-order valence-electron chi connectivity index (χ0n) is 5.99. The number of rotatable bonds is 0. The van der Waals surface area contributed by atoms with Gasteiger partial charge in [0.2, 0.25) is 0 Å². The SMILES string of the molecule is C1=Cc2cccnc2C=CN1. The van der Waals surface area contributed by atoms with Crippen molar-refractivity contribution in [1.82, 2.24) is 10.3 Å². The second kappa shape index (κ2) is 2.58. The Morgan fingerprint density at radius 1 is 1.18 bits per heavy atom. The molecule has 0 bridgehead atoms. The first-order chi connectivity index (χ1) is 5.47. The average molecular weight is 144 g/mol. The molecule has 1 aliphatic heterocycles. The lowest BCUT2D eigenvalue weighted by Crippen LogP contribution is -1.87. The summed E-state index contributed by atoms with van der Waals surface area (Å²) in [6, 6.07) is 3.97. The van der Waals surface area contributed by atoms with Gasteiger partial charge in [-0.3, -0.25) is 4.98 Å². The Kier molecular flexibility index (Phi) is 1.44. The molecular formula is C9H8N2. The normalized spacial score (nSPS) is 13.5. The number of nitrogens with one attached hydrogen (secondary N) is 1. The fourth-order valence-corrected chi connectivity index (χ4v) is 1.03. The molecule has 1 aliphatic rings. The van der Waals surface area contributed by atoms with Crippen LogP contribution in [-0.2, 0) is 0 Å². The minimum atomic E-state index is 1.01. The van der Waals surface area contributed by atoms with Crippen LogP contribution in [-0.4, -0.2) is 4.98 Å². The summed E-state index contributed by atoms with van der Waals surface area (Å²) in [6.07, 6.45) is 9.51. The van der Waals surface area contributed by atoms with E-state index in [2.05, 4.69) is 10.3 Å². The first-order valence-electron chi connectivity index (χ1n) is 3.51. The van der Waals surface area contributed by atoms with E-state index in [1.54, 1.807) is 6.20 Å². The van der Waals surface area contributed by atoms with E-state index in [0.717, 1.165) is 11.3 Å². The smallest absolute Gasteiger partial charge is 0.0716 e. The van der Waals surface area contributed by atoms with Crippen LogP contribution >= 0.6 is 0 Å². The van der Waals surface area contributed by atoms with Crippen molar-refractivity contribution in [3.63, 3.8) is 0 Å². The molecule has 54 valence electrons. The maximum absolute atomic E-state index is 4.20. The number of aromatic nitrogens is 1. The number of nitrogens with zero attached hydrogens (tertiary/aromatic N) is 1. The van der Waals surface area contributed by atoms with Gasteiger partial charge in [0.05, 0.1) is 5.69 Å². The summed E-state index contributed by atoms with van der Waals surface area (Å²) >= 11 is 0. The Balaban J connectivity index is 2.58.